The van der Waals surface area contributed by atoms with E-state index in [1.165, 1.54) is 12.0 Å². The number of benzene rings is 2. The van der Waals surface area contributed by atoms with Crippen molar-refractivity contribution in [1.82, 2.24) is 15.7 Å². The molecular weight excluding hydrogens is 685 g/mol. The highest BCUT2D eigenvalue weighted by atomic mass is 127. The first-order chi connectivity index (χ1) is 21.1. The van der Waals surface area contributed by atoms with Crippen molar-refractivity contribution in [3.05, 3.63) is 68.8 Å². The Hall–Kier alpha value is -2.66. The number of hydrogen-bond acceptors (Lipinski definition) is 10. The second-order valence-electron chi connectivity index (χ2n) is 12.3. The fourth-order valence-electron chi connectivity index (χ4n) is 7.50. The molecule has 1 spiro atoms. The third-order valence-electron chi connectivity index (χ3n) is 9.43. The van der Waals surface area contributed by atoms with Gasteiger partial charge in [-0.05, 0) is 58.3 Å². The lowest BCUT2D eigenvalue weighted by Gasteiger charge is -2.49. The zero-order valence-corrected chi connectivity index (χ0v) is 26.1. The van der Waals surface area contributed by atoms with E-state index in [4.69, 9.17) is 19.0 Å². The average molecular weight is 720 g/mol. The molecule has 7 rings (SSSR count). The third-order valence-corrected chi connectivity index (χ3v) is 10.1. The number of carbonyl (C=O) groups excluding carboxylic acids is 3. The Morgan fingerprint density at radius 1 is 1.09 bits per heavy atom. The summed E-state index contributed by atoms with van der Waals surface area (Å²) in [6.45, 7) is 1.23. The van der Waals surface area contributed by atoms with E-state index in [9.17, 15) is 24.6 Å². The highest BCUT2D eigenvalue weighted by Gasteiger charge is 2.76. The van der Waals surface area contributed by atoms with E-state index < -0.39 is 71.6 Å². The van der Waals surface area contributed by atoms with Crippen molar-refractivity contribution in [2.75, 3.05) is 13.2 Å². The number of hydrogen-bond donors (Lipinski definition) is 4. The summed E-state index contributed by atoms with van der Waals surface area (Å²) < 4.78 is 20.4. The van der Waals surface area contributed by atoms with Crippen LogP contribution in [0, 0.1) is 8.99 Å². The van der Waals surface area contributed by atoms with Gasteiger partial charge < -0.3 is 35.1 Å². The lowest BCUT2D eigenvalue weighted by molar-refractivity contribution is -0.217. The zero-order chi connectivity index (χ0) is 30.8. The van der Waals surface area contributed by atoms with E-state index in [0.29, 0.717) is 12.8 Å². The molecule has 2 aromatic rings. The molecule has 4 N–H and O–H groups in total. The first kappa shape index (κ1) is 30.0. The number of ether oxygens (including phenoxy) is 3. The molecule has 0 aromatic heterocycles. The number of halogens is 1. The predicted molar refractivity (Wildman–Crippen MR) is 160 cm³/mol. The molecule has 8 unspecified atom stereocenters. The first-order valence-corrected chi connectivity index (χ1v) is 15.9. The van der Waals surface area contributed by atoms with Crippen molar-refractivity contribution in [3.63, 3.8) is 0 Å². The predicted octanol–water partition coefficient (Wildman–Crippen LogP) is 0.344. The summed E-state index contributed by atoms with van der Waals surface area (Å²) in [7, 11) is 0. The average Bonchev–Trinajstić information content (AvgIpc) is 3.67. The second-order valence-corrected chi connectivity index (χ2v) is 13.5. The highest BCUT2D eigenvalue weighted by Crippen LogP contribution is 2.58. The minimum absolute atomic E-state index is 0.0466. The molecule has 4 fully saturated rings. The lowest BCUT2D eigenvalue weighted by Crippen LogP contribution is -2.71. The van der Waals surface area contributed by atoms with Crippen LogP contribution < -0.4 is 10.6 Å². The molecular formula is C31H34IN3O9. The molecule has 12 nitrogen and oxygen atoms in total. The van der Waals surface area contributed by atoms with Gasteiger partial charge in [-0.25, -0.2) is 0 Å². The molecule has 1 saturated carbocycles. The molecule has 3 saturated heterocycles. The standard InChI is InChI=1S/C31H34IN3O9/c1-16(37)22(27(38)33-10-11-36)34-29(40)31-14-21-23-24(43-30(42-23)12-18-4-2-3-5-19(18)13-30)26(31)44-35(25(31)28(39)41-21)15-17-6-8-20(32)9-7-17/h2-9,16,21-26,36-37H,10-15H2,1H3,(H,33,38)(H,34,40). The quantitative estimate of drug-likeness (QED) is 0.222. The Morgan fingerprint density at radius 3 is 2.43 bits per heavy atom. The minimum atomic E-state index is -1.50. The Balaban J connectivity index is 1.25. The van der Waals surface area contributed by atoms with Gasteiger partial charge in [-0.3, -0.25) is 19.2 Å². The molecule has 44 heavy (non-hydrogen) atoms. The van der Waals surface area contributed by atoms with Crippen molar-refractivity contribution >= 4 is 40.4 Å². The zero-order valence-electron chi connectivity index (χ0n) is 24.0. The molecule has 234 valence electrons. The van der Waals surface area contributed by atoms with Crippen molar-refractivity contribution in [1.29, 1.82) is 0 Å². The van der Waals surface area contributed by atoms with E-state index in [1.807, 2.05) is 48.5 Å². The Labute approximate surface area is 267 Å². The number of nitrogens with one attached hydrogen (secondary N) is 2. The molecule has 0 radical (unpaired) electrons. The number of carbonyl (C=O) groups is 3. The highest BCUT2D eigenvalue weighted by molar-refractivity contribution is 14.1. The molecule has 2 bridgehead atoms. The first-order valence-electron chi connectivity index (χ1n) is 14.8. The van der Waals surface area contributed by atoms with Crippen LogP contribution in [0.15, 0.2) is 48.5 Å². The van der Waals surface area contributed by atoms with Crippen LogP contribution in [0.2, 0.25) is 0 Å². The molecule has 3 aliphatic heterocycles. The van der Waals surface area contributed by atoms with Gasteiger partial charge in [0.25, 0.3) is 0 Å². The van der Waals surface area contributed by atoms with Gasteiger partial charge in [-0.15, -0.1) is 0 Å². The maximum absolute atomic E-state index is 14.5. The summed E-state index contributed by atoms with van der Waals surface area (Å²) in [5, 5.41) is 26.4. The van der Waals surface area contributed by atoms with E-state index in [-0.39, 0.29) is 26.1 Å². The maximum atomic E-state index is 14.5. The second kappa shape index (κ2) is 11.3. The summed E-state index contributed by atoms with van der Waals surface area (Å²) >= 11 is 2.21. The fourth-order valence-corrected chi connectivity index (χ4v) is 7.86. The molecule has 2 amide bonds. The van der Waals surface area contributed by atoms with E-state index >= 15 is 0 Å². The van der Waals surface area contributed by atoms with Crippen molar-refractivity contribution < 1.29 is 43.6 Å². The topological polar surface area (TPSA) is 156 Å². The van der Waals surface area contributed by atoms with E-state index in [0.717, 1.165) is 20.3 Å². The molecule has 2 aliphatic carbocycles. The monoisotopic (exact) mass is 719 g/mol. The van der Waals surface area contributed by atoms with Crippen molar-refractivity contribution in [2.45, 2.75) is 81.1 Å². The normalized spacial score (nSPS) is 32.5. The largest absolute Gasteiger partial charge is 0.458 e. The van der Waals surface area contributed by atoms with Gasteiger partial charge in [-0.1, -0.05) is 36.4 Å². The summed E-state index contributed by atoms with van der Waals surface area (Å²) in [4.78, 5) is 47.8. The number of rotatable bonds is 8. The Morgan fingerprint density at radius 2 is 1.77 bits per heavy atom. The van der Waals surface area contributed by atoms with Crippen LogP contribution in [0.25, 0.3) is 0 Å². The molecule has 2 aromatic carbocycles. The molecule has 8 atom stereocenters. The number of nitrogens with zero attached hydrogens (tertiary/aromatic N) is 1. The van der Waals surface area contributed by atoms with E-state index in [2.05, 4.69) is 33.2 Å². The van der Waals surface area contributed by atoms with Crippen LogP contribution in [0.5, 0.6) is 0 Å². The van der Waals surface area contributed by atoms with Crippen LogP contribution in [0.1, 0.15) is 30.0 Å². The van der Waals surface area contributed by atoms with Crippen LogP contribution in [-0.2, 0) is 52.8 Å². The number of esters is 1. The third kappa shape index (κ3) is 4.84. The van der Waals surface area contributed by atoms with Gasteiger partial charge in [0.15, 0.2) is 11.8 Å². The summed E-state index contributed by atoms with van der Waals surface area (Å²) in [6.07, 6.45) is -3.31. The molecule has 5 aliphatic rings. The van der Waals surface area contributed by atoms with Crippen LogP contribution in [0.3, 0.4) is 0 Å². The number of aliphatic hydroxyl groups is 2. The van der Waals surface area contributed by atoms with Gasteiger partial charge in [0.2, 0.25) is 11.8 Å². The number of amides is 2. The molecule has 3 heterocycles. The van der Waals surface area contributed by atoms with E-state index in [1.54, 1.807) is 0 Å². The fraction of sp³-hybridized carbons (Fsp3) is 0.516. The summed E-state index contributed by atoms with van der Waals surface area (Å²) in [5.74, 6) is -2.90. The Bertz CT molecular complexity index is 1450. The summed E-state index contributed by atoms with van der Waals surface area (Å²) in [6, 6.07) is 13.3. The number of fused-ring (bicyclic) bond motifs is 5. The van der Waals surface area contributed by atoms with Gasteiger partial charge in [0.1, 0.15) is 35.9 Å². The van der Waals surface area contributed by atoms with Crippen LogP contribution in [-0.4, -0.2) is 94.6 Å². The Kier molecular flexibility index (Phi) is 7.71. The van der Waals surface area contributed by atoms with Crippen molar-refractivity contribution in [2.24, 2.45) is 5.41 Å². The van der Waals surface area contributed by atoms with Gasteiger partial charge in [0, 0.05) is 29.4 Å². The van der Waals surface area contributed by atoms with Crippen LogP contribution in [0.4, 0.5) is 0 Å². The van der Waals surface area contributed by atoms with Crippen LogP contribution >= 0.6 is 22.6 Å². The number of hydroxylamine groups is 2. The maximum Gasteiger partial charge on any atom is 0.327 e. The molecule has 13 heteroatoms. The van der Waals surface area contributed by atoms with Gasteiger partial charge >= 0.3 is 5.97 Å². The minimum Gasteiger partial charge on any atom is -0.458 e. The van der Waals surface area contributed by atoms with Gasteiger partial charge in [-0.2, -0.15) is 5.06 Å². The SMILES string of the molecule is CC(O)C(NC(=O)C12CC3OC(=O)C1N(Cc1ccc(I)cc1)OC2C1OC2(Cc4ccccc4C2)OC31)C(=O)NCCO. The number of aliphatic hydroxyl groups excluding tert-OH is 2. The smallest absolute Gasteiger partial charge is 0.327 e. The lowest BCUT2D eigenvalue weighted by atomic mass is 9.62. The summed E-state index contributed by atoms with van der Waals surface area (Å²) in [5.41, 5.74) is 1.58. The van der Waals surface area contributed by atoms with Crippen molar-refractivity contribution in [3.8, 4) is 0 Å². The van der Waals surface area contributed by atoms with Gasteiger partial charge in [0.05, 0.1) is 19.3 Å².